The Balaban J connectivity index is 1.92. The monoisotopic (exact) mass is 324 g/mol. The van der Waals surface area contributed by atoms with Crippen molar-refractivity contribution >= 4 is 15.9 Å². The fourth-order valence-corrected chi connectivity index (χ4v) is 2.13. The molecule has 0 amide bonds. The van der Waals surface area contributed by atoms with E-state index in [4.69, 9.17) is 4.74 Å². The van der Waals surface area contributed by atoms with E-state index in [0.717, 1.165) is 12.8 Å². The molecule has 0 atom stereocenters. The molecule has 1 aliphatic rings. The first-order valence-corrected chi connectivity index (χ1v) is 6.64. The van der Waals surface area contributed by atoms with Crippen molar-refractivity contribution in [2.45, 2.75) is 18.9 Å². The van der Waals surface area contributed by atoms with Gasteiger partial charge in [0, 0.05) is 18.4 Å². The Bertz CT molecular complexity index is 683. The topological polar surface area (TPSA) is 44.1 Å². The maximum atomic E-state index is 13.1. The van der Waals surface area contributed by atoms with Crippen molar-refractivity contribution in [3.8, 4) is 11.6 Å². The lowest BCUT2D eigenvalue weighted by molar-refractivity contribution is 0.443. The van der Waals surface area contributed by atoms with Gasteiger partial charge < -0.3 is 9.30 Å². The first kappa shape index (κ1) is 12.3. The first-order chi connectivity index (χ1) is 9.15. The van der Waals surface area contributed by atoms with Crippen molar-refractivity contribution in [1.29, 1.82) is 0 Å². The zero-order valence-corrected chi connectivity index (χ0v) is 11.4. The molecule has 98 valence electrons. The summed E-state index contributed by atoms with van der Waals surface area (Å²) in [5.74, 6) is -0.0110. The second kappa shape index (κ2) is 4.77. The van der Waals surface area contributed by atoms with Crippen LogP contribution < -0.4 is 10.3 Å². The molecule has 4 nitrogen and oxygen atoms in total. The molecule has 19 heavy (non-hydrogen) atoms. The molecule has 6 heteroatoms. The molecule has 0 aliphatic heterocycles. The molecule has 1 aromatic carbocycles. The van der Waals surface area contributed by atoms with Gasteiger partial charge in [0.2, 0.25) is 0 Å². The maximum Gasteiger partial charge on any atom is 0.313 e. The number of benzene rings is 1. The molecule has 0 N–H and O–H groups in total. The molecular formula is C13H10BrFN2O2. The summed E-state index contributed by atoms with van der Waals surface area (Å²) in [4.78, 5) is 16.0. The van der Waals surface area contributed by atoms with Crippen molar-refractivity contribution in [3.05, 3.63) is 51.2 Å². The highest BCUT2D eigenvalue weighted by Gasteiger charge is 2.25. The summed E-state index contributed by atoms with van der Waals surface area (Å²) in [6.45, 7) is 0. The second-order valence-corrected chi connectivity index (χ2v) is 5.21. The Morgan fingerprint density at radius 3 is 2.89 bits per heavy atom. The van der Waals surface area contributed by atoms with Crippen molar-refractivity contribution in [3.63, 3.8) is 0 Å². The molecule has 0 radical (unpaired) electrons. The summed E-state index contributed by atoms with van der Waals surface area (Å²) in [6, 6.07) is 4.44. The van der Waals surface area contributed by atoms with E-state index in [9.17, 15) is 9.18 Å². The highest BCUT2D eigenvalue weighted by molar-refractivity contribution is 9.10. The molecule has 0 spiro atoms. The molecular weight excluding hydrogens is 315 g/mol. The van der Waals surface area contributed by atoms with Crippen molar-refractivity contribution in [2.24, 2.45) is 0 Å². The lowest BCUT2D eigenvalue weighted by Gasteiger charge is -2.07. The van der Waals surface area contributed by atoms with Gasteiger partial charge in [0.1, 0.15) is 11.6 Å². The summed E-state index contributed by atoms with van der Waals surface area (Å²) in [5.41, 5.74) is -0.259. The number of aromatic nitrogens is 2. The van der Waals surface area contributed by atoms with Crippen LogP contribution in [0.4, 0.5) is 4.39 Å². The second-order valence-electron chi connectivity index (χ2n) is 4.35. The van der Waals surface area contributed by atoms with E-state index in [-0.39, 0.29) is 27.8 Å². The predicted molar refractivity (Wildman–Crippen MR) is 70.9 cm³/mol. The van der Waals surface area contributed by atoms with Crippen LogP contribution in [0.1, 0.15) is 18.9 Å². The highest BCUT2D eigenvalue weighted by atomic mass is 79.9. The minimum atomic E-state index is -0.385. The predicted octanol–water partition coefficient (Wildman–Crippen LogP) is 3.27. The fraction of sp³-hybridized carbons (Fsp3) is 0.231. The molecule has 3 rings (SSSR count). The Hall–Kier alpha value is -1.69. The Kier molecular flexibility index (Phi) is 3.10. The summed E-state index contributed by atoms with van der Waals surface area (Å²) in [6.07, 6.45) is 5.21. The molecule has 0 bridgehead atoms. The van der Waals surface area contributed by atoms with Gasteiger partial charge >= 0.3 is 5.56 Å². The van der Waals surface area contributed by atoms with Gasteiger partial charge in [-0.2, -0.15) is 0 Å². The smallest absolute Gasteiger partial charge is 0.313 e. The summed E-state index contributed by atoms with van der Waals surface area (Å²) in [5, 5.41) is 0. The van der Waals surface area contributed by atoms with Crippen molar-refractivity contribution in [1.82, 2.24) is 9.55 Å². The number of nitrogens with zero attached hydrogens (tertiary/aromatic N) is 2. The lowest BCUT2D eigenvalue weighted by Crippen LogP contribution is -2.20. The average Bonchev–Trinajstić information content (AvgIpc) is 3.21. The van der Waals surface area contributed by atoms with Crippen LogP contribution in [0.5, 0.6) is 11.6 Å². The molecule has 1 saturated carbocycles. The van der Waals surface area contributed by atoms with E-state index >= 15 is 0 Å². The van der Waals surface area contributed by atoms with Crippen molar-refractivity contribution < 1.29 is 9.13 Å². The largest absolute Gasteiger partial charge is 0.435 e. The van der Waals surface area contributed by atoms with Gasteiger partial charge in [-0.25, -0.2) is 9.37 Å². The number of hydrogen-bond acceptors (Lipinski definition) is 3. The summed E-state index contributed by atoms with van der Waals surface area (Å²) in [7, 11) is 0. The third-order valence-electron chi connectivity index (χ3n) is 2.88. The normalized spacial score (nSPS) is 14.4. The van der Waals surface area contributed by atoms with Crippen LogP contribution in [0.15, 0.2) is 39.9 Å². The first-order valence-electron chi connectivity index (χ1n) is 5.85. The van der Waals surface area contributed by atoms with E-state index in [2.05, 4.69) is 20.9 Å². The fourth-order valence-electron chi connectivity index (χ4n) is 1.77. The van der Waals surface area contributed by atoms with E-state index in [1.807, 2.05) is 0 Å². The Morgan fingerprint density at radius 2 is 2.21 bits per heavy atom. The molecule has 2 aromatic rings. The average molecular weight is 325 g/mol. The number of ether oxygens (including phenoxy) is 1. The van der Waals surface area contributed by atoms with Crippen LogP contribution in [0.2, 0.25) is 0 Å². The van der Waals surface area contributed by atoms with Crippen LogP contribution in [0.25, 0.3) is 0 Å². The maximum absolute atomic E-state index is 13.1. The van der Waals surface area contributed by atoms with E-state index in [1.165, 1.54) is 24.4 Å². The minimum Gasteiger partial charge on any atom is -0.435 e. The minimum absolute atomic E-state index is 0.00732. The lowest BCUT2D eigenvalue weighted by atomic mass is 10.3. The molecule has 1 aromatic heterocycles. The number of halogens is 2. The Morgan fingerprint density at radius 1 is 1.42 bits per heavy atom. The van der Waals surface area contributed by atoms with Crippen LogP contribution in [0, 0.1) is 5.82 Å². The van der Waals surface area contributed by atoms with E-state index in [1.54, 1.807) is 10.8 Å². The van der Waals surface area contributed by atoms with Crippen molar-refractivity contribution in [2.75, 3.05) is 0 Å². The standard InChI is InChI=1S/C13H10BrFN2O2/c14-10-7-9(3-4-11(10)15)19-12-13(18)17(6-5-16-12)8-1-2-8/h3-8H,1-2H2. The van der Waals surface area contributed by atoms with Gasteiger partial charge in [-0.3, -0.25) is 4.79 Å². The summed E-state index contributed by atoms with van der Waals surface area (Å²) >= 11 is 3.07. The molecule has 1 fully saturated rings. The zero-order chi connectivity index (χ0) is 13.4. The molecule has 0 unspecified atom stereocenters. The van der Waals surface area contributed by atoms with Crippen LogP contribution in [-0.2, 0) is 0 Å². The van der Waals surface area contributed by atoms with Crippen LogP contribution in [-0.4, -0.2) is 9.55 Å². The SMILES string of the molecule is O=c1c(Oc2ccc(F)c(Br)c2)nccn1C1CC1. The van der Waals surface area contributed by atoms with Gasteiger partial charge in [0.15, 0.2) is 0 Å². The van der Waals surface area contributed by atoms with E-state index < -0.39 is 0 Å². The van der Waals surface area contributed by atoms with Crippen LogP contribution in [0.3, 0.4) is 0 Å². The van der Waals surface area contributed by atoms with Crippen LogP contribution >= 0.6 is 15.9 Å². The third-order valence-corrected chi connectivity index (χ3v) is 3.49. The van der Waals surface area contributed by atoms with Gasteiger partial charge in [0.05, 0.1) is 4.47 Å². The Labute approximate surface area is 117 Å². The summed E-state index contributed by atoms with van der Waals surface area (Å²) < 4.78 is 20.4. The molecule has 1 aliphatic carbocycles. The van der Waals surface area contributed by atoms with Gasteiger partial charge in [-0.1, -0.05) is 0 Å². The third kappa shape index (κ3) is 2.53. The highest BCUT2D eigenvalue weighted by Crippen LogP contribution is 2.33. The number of hydrogen-bond donors (Lipinski definition) is 0. The van der Waals surface area contributed by atoms with Gasteiger partial charge in [0.25, 0.3) is 5.88 Å². The van der Waals surface area contributed by atoms with Gasteiger partial charge in [-0.05, 0) is 47.0 Å². The molecule has 1 heterocycles. The van der Waals surface area contributed by atoms with E-state index in [0.29, 0.717) is 5.75 Å². The van der Waals surface area contributed by atoms with Gasteiger partial charge in [-0.15, -0.1) is 0 Å². The molecule has 0 saturated heterocycles. The zero-order valence-electron chi connectivity index (χ0n) is 9.85. The number of rotatable bonds is 3. The quantitative estimate of drug-likeness (QED) is 0.870.